The fraction of sp³-hybridized carbons (Fsp3) is 0.435. The number of rotatable bonds is 9. The smallest absolute Gasteiger partial charge is 0.193 e. The molecule has 0 aromatic heterocycles. The summed E-state index contributed by atoms with van der Waals surface area (Å²) in [4.78, 5) is 9.10. The van der Waals surface area contributed by atoms with Crippen LogP contribution in [-0.2, 0) is 16.6 Å². The summed E-state index contributed by atoms with van der Waals surface area (Å²) in [6.45, 7) is 6.11. The normalized spacial score (nSPS) is 15.8. The Morgan fingerprint density at radius 3 is 2.32 bits per heavy atom. The van der Waals surface area contributed by atoms with Crippen molar-refractivity contribution in [2.24, 2.45) is 4.99 Å². The van der Waals surface area contributed by atoms with Crippen molar-refractivity contribution in [1.82, 2.24) is 15.1 Å². The standard InChI is InChI=1S/C23H32N4O2S.HI/c1-24-23(25-12-19-30(28)20-21-8-4-2-5-9-21)27-15-13-26(14-16-27)17-18-29-22-10-6-3-7-11-22;/h2-11H,12-20H2,1H3,(H,24,25);1H. The van der Waals surface area contributed by atoms with E-state index in [9.17, 15) is 4.21 Å². The molecule has 0 saturated carbocycles. The first-order valence-electron chi connectivity index (χ1n) is 10.5. The summed E-state index contributed by atoms with van der Waals surface area (Å²) in [5.41, 5.74) is 1.12. The van der Waals surface area contributed by atoms with E-state index in [4.69, 9.17) is 4.74 Å². The molecule has 1 unspecified atom stereocenters. The lowest BCUT2D eigenvalue weighted by molar-refractivity contribution is 0.152. The minimum absolute atomic E-state index is 0. The van der Waals surface area contributed by atoms with Crippen LogP contribution in [0.4, 0.5) is 0 Å². The number of aliphatic imine (C=N–C) groups is 1. The molecule has 2 aromatic rings. The Bertz CT molecular complexity index is 800. The highest BCUT2D eigenvalue weighted by Gasteiger charge is 2.19. The molecule has 0 aliphatic carbocycles. The van der Waals surface area contributed by atoms with E-state index in [0.717, 1.165) is 50.0 Å². The predicted molar refractivity (Wildman–Crippen MR) is 140 cm³/mol. The summed E-state index contributed by atoms with van der Waals surface area (Å²) < 4.78 is 18.1. The van der Waals surface area contributed by atoms with Gasteiger partial charge in [0.1, 0.15) is 12.4 Å². The molecule has 31 heavy (non-hydrogen) atoms. The number of ether oxygens (including phenoxy) is 1. The Morgan fingerprint density at radius 1 is 1.03 bits per heavy atom. The summed E-state index contributed by atoms with van der Waals surface area (Å²) in [7, 11) is 0.931. The second-order valence-corrected chi connectivity index (χ2v) is 8.81. The number of para-hydroxylation sites is 1. The molecule has 0 radical (unpaired) electrons. The molecule has 1 aliphatic heterocycles. The van der Waals surface area contributed by atoms with Crippen LogP contribution in [0.1, 0.15) is 5.56 Å². The van der Waals surface area contributed by atoms with Gasteiger partial charge in [-0.15, -0.1) is 24.0 Å². The van der Waals surface area contributed by atoms with Crippen LogP contribution in [0.2, 0.25) is 0 Å². The van der Waals surface area contributed by atoms with E-state index in [1.165, 1.54) is 0 Å². The largest absolute Gasteiger partial charge is 0.492 e. The molecule has 1 heterocycles. The Morgan fingerprint density at radius 2 is 1.68 bits per heavy atom. The first kappa shape index (κ1) is 25.6. The minimum Gasteiger partial charge on any atom is -0.492 e. The third-order valence-electron chi connectivity index (χ3n) is 5.09. The van der Waals surface area contributed by atoms with Gasteiger partial charge in [0.2, 0.25) is 0 Å². The van der Waals surface area contributed by atoms with E-state index < -0.39 is 10.8 Å². The van der Waals surface area contributed by atoms with Crippen molar-refractivity contribution in [1.29, 1.82) is 0 Å². The highest BCUT2D eigenvalue weighted by Crippen LogP contribution is 2.09. The van der Waals surface area contributed by atoms with Crippen LogP contribution in [0.15, 0.2) is 65.7 Å². The third kappa shape index (κ3) is 9.16. The number of benzene rings is 2. The minimum atomic E-state index is -0.878. The molecule has 0 spiro atoms. The van der Waals surface area contributed by atoms with Crippen molar-refractivity contribution in [3.63, 3.8) is 0 Å². The van der Waals surface area contributed by atoms with Crippen LogP contribution in [0, 0.1) is 0 Å². The number of hydrogen-bond acceptors (Lipinski definition) is 4. The quantitative estimate of drug-likeness (QED) is 0.293. The van der Waals surface area contributed by atoms with E-state index in [0.29, 0.717) is 24.7 Å². The van der Waals surface area contributed by atoms with Crippen molar-refractivity contribution in [2.75, 3.05) is 58.7 Å². The molecule has 6 nitrogen and oxygen atoms in total. The molecule has 170 valence electrons. The van der Waals surface area contributed by atoms with Crippen LogP contribution in [0.25, 0.3) is 0 Å². The van der Waals surface area contributed by atoms with Crippen LogP contribution < -0.4 is 10.1 Å². The highest BCUT2D eigenvalue weighted by molar-refractivity contribution is 14.0. The van der Waals surface area contributed by atoms with Crippen LogP contribution in [0.5, 0.6) is 5.75 Å². The average Bonchev–Trinajstić information content (AvgIpc) is 2.79. The molecular formula is C23H33IN4O2S. The molecule has 1 atom stereocenters. The summed E-state index contributed by atoms with van der Waals surface area (Å²) >= 11 is 0. The number of nitrogens with one attached hydrogen (secondary N) is 1. The third-order valence-corrected chi connectivity index (χ3v) is 6.40. The molecule has 1 saturated heterocycles. The summed E-state index contributed by atoms with van der Waals surface area (Å²) in [5, 5.41) is 3.37. The topological polar surface area (TPSA) is 57.2 Å². The fourth-order valence-corrected chi connectivity index (χ4v) is 4.47. The average molecular weight is 557 g/mol. The SMILES string of the molecule is CN=C(NCCS(=O)Cc1ccccc1)N1CCN(CCOc2ccccc2)CC1.I. The van der Waals surface area contributed by atoms with Gasteiger partial charge in [-0.1, -0.05) is 48.5 Å². The molecule has 1 N–H and O–H groups in total. The maximum Gasteiger partial charge on any atom is 0.193 e. The first-order chi connectivity index (χ1) is 14.7. The van der Waals surface area contributed by atoms with Gasteiger partial charge in [-0.25, -0.2) is 0 Å². The maximum absolute atomic E-state index is 12.3. The van der Waals surface area contributed by atoms with Gasteiger partial charge in [0.25, 0.3) is 0 Å². The monoisotopic (exact) mass is 556 g/mol. The molecule has 8 heteroatoms. The number of halogens is 1. The summed E-state index contributed by atoms with van der Waals surface area (Å²) in [5.74, 6) is 3.03. The first-order valence-corrected chi connectivity index (χ1v) is 12.0. The van der Waals surface area contributed by atoms with Gasteiger partial charge in [-0.2, -0.15) is 0 Å². The van der Waals surface area contributed by atoms with Crippen LogP contribution >= 0.6 is 24.0 Å². The van der Waals surface area contributed by atoms with Crippen molar-refractivity contribution < 1.29 is 8.95 Å². The lowest BCUT2D eigenvalue weighted by Gasteiger charge is -2.36. The van der Waals surface area contributed by atoms with E-state index >= 15 is 0 Å². The number of nitrogens with zero attached hydrogens (tertiary/aromatic N) is 3. The van der Waals surface area contributed by atoms with E-state index in [-0.39, 0.29) is 24.0 Å². The van der Waals surface area contributed by atoms with Crippen molar-refractivity contribution in [3.8, 4) is 5.75 Å². The number of piperazine rings is 1. The van der Waals surface area contributed by atoms with Gasteiger partial charge in [-0.3, -0.25) is 14.1 Å². The second-order valence-electron chi connectivity index (χ2n) is 7.24. The van der Waals surface area contributed by atoms with E-state index in [1.807, 2.05) is 67.7 Å². The van der Waals surface area contributed by atoms with Crippen molar-refractivity contribution in [2.45, 2.75) is 5.75 Å². The van der Waals surface area contributed by atoms with Gasteiger partial charge in [0, 0.05) is 68.6 Å². The Labute approximate surface area is 205 Å². The zero-order chi connectivity index (χ0) is 21.0. The van der Waals surface area contributed by atoms with Gasteiger partial charge in [-0.05, 0) is 17.7 Å². The van der Waals surface area contributed by atoms with Gasteiger partial charge < -0.3 is 15.0 Å². The molecule has 1 aliphatic rings. The summed E-state index contributed by atoms with van der Waals surface area (Å²) in [6, 6.07) is 19.9. The molecular weight excluding hydrogens is 523 g/mol. The highest BCUT2D eigenvalue weighted by atomic mass is 127. The molecule has 0 amide bonds. The number of hydrogen-bond donors (Lipinski definition) is 1. The van der Waals surface area contributed by atoms with Gasteiger partial charge in [0.05, 0.1) is 0 Å². The lowest BCUT2D eigenvalue weighted by Crippen LogP contribution is -2.53. The van der Waals surface area contributed by atoms with Gasteiger partial charge in [0.15, 0.2) is 5.96 Å². The maximum atomic E-state index is 12.3. The van der Waals surface area contributed by atoms with E-state index in [1.54, 1.807) is 0 Å². The molecule has 3 rings (SSSR count). The van der Waals surface area contributed by atoms with Gasteiger partial charge >= 0.3 is 0 Å². The fourth-order valence-electron chi connectivity index (χ4n) is 3.43. The lowest BCUT2D eigenvalue weighted by atomic mass is 10.2. The number of guanidine groups is 1. The Balaban J connectivity index is 0.00000341. The van der Waals surface area contributed by atoms with Crippen LogP contribution in [0.3, 0.4) is 0 Å². The second kappa shape index (κ2) is 14.4. The Hall–Kier alpha value is -1.65. The zero-order valence-corrected chi connectivity index (χ0v) is 21.3. The predicted octanol–water partition coefficient (Wildman–Crippen LogP) is 2.83. The van der Waals surface area contributed by atoms with Crippen LogP contribution in [-0.4, -0.2) is 78.6 Å². The van der Waals surface area contributed by atoms with Crippen molar-refractivity contribution in [3.05, 3.63) is 66.2 Å². The summed E-state index contributed by atoms with van der Waals surface area (Å²) in [6.07, 6.45) is 0. The Kier molecular flexibility index (Phi) is 11.9. The zero-order valence-electron chi connectivity index (χ0n) is 18.1. The molecule has 1 fully saturated rings. The van der Waals surface area contributed by atoms with Crippen molar-refractivity contribution >= 4 is 40.7 Å². The molecule has 0 bridgehead atoms. The van der Waals surface area contributed by atoms with E-state index in [2.05, 4.69) is 20.1 Å². The molecule has 2 aromatic carbocycles.